The van der Waals surface area contributed by atoms with Gasteiger partial charge in [0.05, 0.1) is 18.9 Å². The van der Waals surface area contributed by atoms with E-state index >= 15 is 0 Å². The van der Waals surface area contributed by atoms with Gasteiger partial charge in [0.2, 0.25) is 6.08 Å². The van der Waals surface area contributed by atoms with Crippen molar-refractivity contribution in [1.82, 2.24) is 9.97 Å². The maximum absolute atomic E-state index is 12.3. The lowest BCUT2D eigenvalue weighted by atomic mass is 10.3. The summed E-state index contributed by atoms with van der Waals surface area (Å²) >= 11 is 2.19. The summed E-state index contributed by atoms with van der Waals surface area (Å²) in [5, 5.41) is 7.95. The van der Waals surface area contributed by atoms with Crippen LogP contribution in [0.1, 0.15) is 34.8 Å². The number of amides is 2. The van der Waals surface area contributed by atoms with Gasteiger partial charge in [-0.25, -0.2) is 29.1 Å². The lowest BCUT2D eigenvalue weighted by molar-refractivity contribution is -0.275. The number of benzene rings is 2. The van der Waals surface area contributed by atoms with Crippen LogP contribution in [0.4, 0.5) is 52.8 Å². The molecular formula is C28H24F6N6O8S2. The van der Waals surface area contributed by atoms with E-state index in [1.807, 2.05) is 0 Å². The molecule has 0 saturated heterocycles. The quantitative estimate of drug-likeness (QED) is 0.0672. The van der Waals surface area contributed by atoms with Crippen molar-refractivity contribution in [3.8, 4) is 11.5 Å². The fourth-order valence-corrected chi connectivity index (χ4v) is 4.27. The van der Waals surface area contributed by atoms with Gasteiger partial charge in [0, 0.05) is 10.8 Å². The number of hydrogen-bond acceptors (Lipinski definition) is 14. The van der Waals surface area contributed by atoms with Crippen LogP contribution in [0.15, 0.2) is 64.3 Å². The molecule has 2 aromatic heterocycles. The van der Waals surface area contributed by atoms with E-state index in [9.17, 15) is 45.5 Å². The van der Waals surface area contributed by atoms with Crippen LogP contribution >= 0.6 is 22.7 Å². The molecule has 0 atom stereocenters. The van der Waals surface area contributed by atoms with Crippen LogP contribution in [-0.2, 0) is 14.3 Å². The van der Waals surface area contributed by atoms with Gasteiger partial charge in [0.15, 0.2) is 33.1 Å². The number of hydrogen-bond donors (Lipinski definition) is 3. The van der Waals surface area contributed by atoms with Gasteiger partial charge in [-0.1, -0.05) is 24.3 Å². The number of nitrogens with one attached hydrogen (secondary N) is 2. The maximum atomic E-state index is 12.3. The third-order valence-electron chi connectivity index (χ3n) is 4.83. The van der Waals surface area contributed by atoms with Crippen molar-refractivity contribution in [3.05, 3.63) is 70.7 Å². The lowest BCUT2D eigenvalue weighted by Crippen LogP contribution is -2.22. The molecule has 0 saturated carbocycles. The Hall–Kier alpha value is -5.73. The number of isocyanates is 1. The highest BCUT2D eigenvalue weighted by molar-refractivity contribution is 7.14. The highest BCUT2D eigenvalue weighted by Crippen LogP contribution is 2.32. The second-order valence-corrected chi connectivity index (χ2v) is 10.1. The molecule has 0 fully saturated rings. The number of esters is 2. The highest BCUT2D eigenvalue weighted by Gasteiger charge is 2.33. The number of aromatic nitrogens is 2. The van der Waals surface area contributed by atoms with Crippen molar-refractivity contribution in [3.63, 3.8) is 0 Å². The van der Waals surface area contributed by atoms with Gasteiger partial charge in [-0.3, -0.25) is 5.32 Å². The van der Waals surface area contributed by atoms with Gasteiger partial charge in [0.1, 0.15) is 5.69 Å². The number of thiazole rings is 2. The molecule has 0 radical (unpaired) electrons. The van der Waals surface area contributed by atoms with Crippen LogP contribution in [0, 0.1) is 0 Å². The van der Waals surface area contributed by atoms with Crippen LogP contribution < -0.4 is 25.8 Å². The molecule has 0 bridgehead atoms. The number of anilines is 3. The molecule has 268 valence electrons. The summed E-state index contributed by atoms with van der Waals surface area (Å²) in [6.45, 7) is 3.91. The van der Waals surface area contributed by atoms with Crippen molar-refractivity contribution in [2.45, 2.75) is 26.6 Å². The first-order valence-corrected chi connectivity index (χ1v) is 15.2. The van der Waals surface area contributed by atoms with Crippen LogP contribution in [-0.4, -0.2) is 60.0 Å². The van der Waals surface area contributed by atoms with Gasteiger partial charge in [-0.2, -0.15) is 4.99 Å². The van der Waals surface area contributed by atoms with Crippen molar-refractivity contribution < 1.29 is 64.5 Å². The number of carbonyl (C=O) groups excluding carboxylic acids is 4. The van der Waals surface area contributed by atoms with Gasteiger partial charge in [0.25, 0.3) is 0 Å². The number of urea groups is 1. The van der Waals surface area contributed by atoms with Crippen molar-refractivity contribution in [2.75, 3.05) is 29.6 Å². The average molecular weight is 751 g/mol. The molecule has 0 aliphatic heterocycles. The third-order valence-corrected chi connectivity index (χ3v) is 6.27. The summed E-state index contributed by atoms with van der Waals surface area (Å²) in [6, 6.07) is 9.26. The Kier molecular flexibility index (Phi) is 15.6. The predicted molar refractivity (Wildman–Crippen MR) is 167 cm³/mol. The zero-order valence-corrected chi connectivity index (χ0v) is 27.1. The van der Waals surface area contributed by atoms with E-state index in [2.05, 4.69) is 35.1 Å². The van der Waals surface area contributed by atoms with Crippen LogP contribution in [0.5, 0.6) is 11.5 Å². The minimum Gasteiger partial charge on any atom is -0.461 e. The monoisotopic (exact) mass is 750 g/mol. The number of para-hydroxylation sites is 4. The van der Waals surface area contributed by atoms with E-state index in [1.54, 1.807) is 19.2 Å². The second-order valence-electron chi connectivity index (χ2n) is 8.39. The summed E-state index contributed by atoms with van der Waals surface area (Å²) in [5.74, 6) is -2.14. The second kappa shape index (κ2) is 19.3. The maximum Gasteiger partial charge on any atom is 0.573 e. The van der Waals surface area contributed by atoms with Gasteiger partial charge >= 0.3 is 30.7 Å². The van der Waals surface area contributed by atoms with Crippen molar-refractivity contribution in [1.29, 1.82) is 0 Å². The third kappa shape index (κ3) is 15.0. The first kappa shape index (κ1) is 40.4. The summed E-state index contributed by atoms with van der Waals surface area (Å²) < 4.78 is 89.3. The number of carbonyl (C=O) groups is 3. The number of rotatable bonds is 9. The summed E-state index contributed by atoms with van der Waals surface area (Å²) in [4.78, 5) is 54.8. The number of aliphatic imine (C=N–C) groups is 1. The number of nitrogen functional groups attached to an aromatic ring is 1. The number of nitrogens with zero attached hydrogens (tertiary/aromatic N) is 3. The van der Waals surface area contributed by atoms with E-state index in [0.29, 0.717) is 11.7 Å². The van der Waals surface area contributed by atoms with Gasteiger partial charge in [-0.05, 0) is 38.1 Å². The summed E-state index contributed by atoms with van der Waals surface area (Å²) in [6.07, 6.45) is -8.55. The molecule has 4 aromatic rings. The normalized spacial score (nSPS) is 10.5. The molecule has 4 N–H and O–H groups in total. The summed E-state index contributed by atoms with van der Waals surface area (Å²) in [5.41, 5.74) is 5.23. The molecule has 2 heterocycles. The van der Waals surface area contributed by atoms with Crippen molar-refractivity contribution >= 4 is 68.4 Å². The topological polar surface area (TPSA) is 193 Å². The van der Waals surface area contributed by atoms with Crippen LogP contribution in [0.25, 0.3) is 0 Å². The highest BCUT2D eigenvalue weighted by atomic mass is 32.1. The first-order valence-electron chi connectivity index (χ1n) is 13.4. The first-order chi connectivity index (χ1) is 23.5. The summed E-state index contributed by atoms with van der Waals surface area (Å²) in [7, 11) is 0. The largest absolute Gasteiger partial charge is 0.573 e. The number of nitrogens with two attached hydrogens (primary N) is 1. The molecule has 2 amide bonds. The molecule has 0 aliphatic rings. The van der Waals surface area contributed by atoms with Crippen LogP contribution in [0.3, 0.4) is 0 Å². The number of ether oxygens (including phenoxy) is 4. The fourth-order valence-electron chi connectivity index (χ4n) is 3.06. The van der Waals surface area contributed by atoms with Crippen molar-refractivity contribution in [2.24, 2.45) is 4.99 Å². The van der Waals surface area contributed by atoms with E-state index in [1.165, 1.54) is 53.1 Å². The standard InChI is InChI=1S/C14H12F3N3O4S.C8H4F3NO2.C6H8N2O2S/c1-2-23-11(21)9-7-25-13(19-9)20-12(22)18-8-5-3-4-6-10(8)24-14(15,16)17;9-8(10,11)14-7-4-2-1-3-6(7)12-5-13;1-2-10-5(9)4-3-11-6(7)8-4/h3-7H,2H2,1H3,(H2,18,19,20,22);1-4H;3H,2H2,1H3,(H2,7,8). The molecule has 4 rings (SSSR count). The fraction of sp³-hybridized carbons (Fsp3) is 0.214. The predicted octanol–water partition coefficient (Wildman–Crippen LogP) is 7.32. The Morgan fingerprint density at radius 3 is 1.86 bits per heavy atom. The SMILES string of the molecule is CCOC(=O)c1csc(N)n1.CCOC(=O)c1csc(NC(=O)Nc2ccccc2OC(F)(F)F)n1.O=C=Nc1ccccc1OC(F)(F)F. The molecule has 0 aliphatic carbocycles. The molecule has 0 spiro atoms. The zero-order valence-electron chi connectivity index (χ0n) is 25.5. The molecule has 2 aromatic carbocycles. The number of halogens is 6. The zero-order chi connectivity index (χ0) is 37.3. The molecule has 50 heavy (non-hydrogen) atoms. The molecule has 0 unspecified atom stereocenters. The Balaban J connectivity index is 0.000000291. The van der Waals surface area contributed by atoms with E-state index in [0.717, 1.165) is 29.5 Å². The minimum atomic E-state index is -4.89. The molecule has 22 heteroatoms. The van der Waals surface area contributed by atoms with E-state index in [4.69, 9.17) is 15.2 Å². The van der Waals surface area contributed by atoms with E-state index in [-0.39, 0.29) is 34.5 Å². The number of alkyl halides is 6. The Morgan fingerprint density at radius 1 is 0.800 bits per heavy atom. The Bertz CT molecular complexity index is 1780. The van der Waals surface area contributed by atoms with Gasteiger partial charge in [-0.15, -0.1) is 49.0 Å². The van der Waals surface area contributed by atoms with E-state index < -0.39 is 42.2 Å². The molecule has 14 nitrogen and oxygen atoms in total. The molecular weight excluding hydrogens is 726 g/mol. The minimum absolute atomic E-state index is 0.0166. The lowest BCUT2D eigenvalue weighted by Gasteiger charge is -2.13. The average Bonchev–Trinajstić information content (AvgIpc) is 3.68. The van der Waals surface area contributed by atoms with Gasteiger partial charge < -0.3 is 30.0 Å². The Morgan fingerprint density at radius 2 is 1.32 bits per heavy atom. The smallest absolute Gasteiger partial charge is 0.461 e. The Labute approximate surface area is 285 Å². The van der Waals surface area contributed by atoms with Crippen LogP contribution in [0.2, 0.25) is 0 Å².